The second-order valence-electron chi connectivity index (χ2n) is 8.14. The van der Waals surface area contributed by atoms with Gasteiger partial charge in [-0.15, -0.1) is 0 Å². The number of carbonyl (C=O) groups excluding carboxylic acids is 1. The number of sulfone groups is 1. The largest absolute Gasteiger partial charge is 0.342 e. The number of aryl methyl sites for hydroxylation is 1. The van der Waals surface area contributed by atoms with E-state index < -0.39 is 9.84 Å². The molecule has 0 aromatic heterocycles. The van der Waals surface area contributed by atoms with Crippen LogP contribution in [0, 0.1) is 5.92 Å². The SMILES string of the molecule is CC(C)S(=O)(=O)CC1CCN(C(=O)Cc2cccc3c2CCCC3)CC1. The average Bonchev–Trinajstić information content (AvgIpc) is 2.62. The van der Waals surface area contributed by atoms with E-state index in [4.69, 9.17) is 0 Å². The van der Waals surface area contributed by atoms with Gasteiger partial charge in [0, 0.05) is 13.1 Å². The molecule has 1 aliphatic heterocycles. The molecule has 1 aromatic rings. The zero-order valence-electron chi connectivity index (χ0n) is 16.0. The molecule has 0 saturated carbocycles. The molecule has 144 valence electrons. The summed E-state index contributed by atoms with van der Waals surface area (Å²) in [7, 11) is -3.00. The van der Waals surface area contributed by atoms with E-state index in [9.17, 15) is 13.2 Å². The maximum atomic E-state index is 12.8. The average molecular weight is 378 g/mol. The van der Waals surface area contributed by atoms with Crippen molar-refractivity contribution in [3.63, 3.8) is 0 Å². The molecule has 0 bridgehead atoms. The number of nitrogens with zero attached hydrogens (tertiary/aromatic N) is 1. The number of likely N-dealkylation sites (tertiary alicyclic amines) is 1. The Morgan fingerprint density at radius 3 is 2.54 bits per heavy atom. The molecule has 1 aliphatic carbocycles. The molecule has 0 unspecified atom stereocenters. The first kappa shape index (κ1) is 19.4. The number of fused-ring (bicyclic) bond motifs is 1. The number of hydrogen-bond acceptors (Lipinski definition) is 3. The van der Waals surface area contributed by atoms with Crippen LogP contribution in [0.2, 0.25) is 0 Å². The zero-order chi connectivity index (χ0) is 18.7. The first-order valence-corrected chi connectivity index (χ1v) is 11.7. The summed E-state index contributed by atoms with van der Waals surface area (Å²) in [5.41, 5.74) is 4.00. The van der Waals surface area contributed by atoms with Crippen LogP contribution in [0.4, 0.5) is 0 Å². The second kappa shape index (κ2) is 8.12. The van der Waals surface area contributed by atoms with Crippen LogP contribution in [-0.2, 0) is 33.9 Å². The van der Waals surface area contributed by atoms with Gasteiger partial charge >= 0.3 is 0 Å². The summed E-state index contributed by atoms with van der Waals surface area (Å²) < 4.78 is 24.2. The van der Waals surface area contributed by atoms with E-state index in [1.54, 1.807) is 13.8 Å². The van der Waals surface area contributed by atoms with Crippen LogP contribution in [-0.4, -0.2) is 43.3 Å². The van der Waals surface area contributed by atoms with Crippen LogP contribution < -0.4 is 0 Å². The van der Waals surface area contributed by atoms with Gasteiger partial charge in [-0.1, -0.05) is 18.2 Å². The van der Waals surface area contributed by atoms with Crippen LogP contribution in [0.25, 0.3) is 0 Å². The Morgan fingerprint density at radius 2 is 1.85 bits per heavy atom. The van der Waals surface area contributed by atoms with Crippen LogP contribution >= 0.6 is 0 Å². The first-order valence-electron chi connectivity index (χ1n) is 9.96. The van der Waals surface area contributed by atoms with E-state index in [1.165, 1.54) is 29.5 Å². The summed E-state index contributed by atoms with van der Waals surface area (Å²) >= 11 is 0. The summed E-state index contributed by atoms with van der Waals surface area (Å²) in [6.07, 6.45) is 6.76. The number of hydrogen-bond donors (Lipinski definition) is 0. The third-order valence-electron chi connectivity index (χ3n) is 5.99. The van der Waals surface area contributed by atoms with Crippen molar-refractivity contribution in [3.05, 3.63) is 34.9 Å². The van der Waals surface area contributed by atoms with Gasteiger partial charge in [-0.3, -0.25) is 4.79 Å². The Bertz CT molecular complexity index is 747. The number of piperidine rings is 1. The normalized spacial score (nSPS) is 18.8. The quantitative estimate of drug-likeness (QED) is 0.792. The Morgan fingerprint density at radius 1 is 1.15 bits per heavy atom. The smallest absolute Gasteiger partial charge is 0.226 e. The van der Waals surface area contributed by atoms with Gasteiger partial charge in [0.25, 0.3) is 0 Å². The van der Waals surface area contributed by atoms with Crippen molar-refractivity contribution in [1.29, 1.82) is 0 Å². The molecule has 1 heterocycles. The molecule has 1 saturated heterocycles. The van der Waals surface area contributed by atoms with Crippen LogP contribution in [0.1, 0.15) is 56.2 Å². The van der Waals surface area contributed by atoms with Crippen molar-refractivity contribution >= 4 is 15.7 Å². The molecule has 4 nitrogen and oxygen atoms in total. The third kappa shape index (κ3) is 4.48. The second-order valence-corrected chi connectivity index (χ2v) is 10.7. The Balaban J connectivity index is 1.56. The van der Waals surface area contributed by atoms with Gasteiger partial charge < -0.3 is 4.90 Å². The van der Waals surface area contributed by atoms with E-state index >= 15 is 0 Å². The summed E-state index contributed by atoms with van der Waals surface area (Å²) in [4.78, 5) is 14.7. The Hall–Kier alpha value is -1.36. The molecule has 2 aliphatic rings. The highest BCUT2D eigenvalue weighted by atomic mass is 32.2. The van der Waals surface area contributed by atoms with Crippen molar-refractivity contribution < 1.29 is 13.2 Å². The summed E-state index contributed by atoms with van der Waals surface area (Å²) in [5.74, 6) is 0.642. The lowest BCUT2D eigenvalue weighted by molar-refractivity contribution is -0.131. The molecule has 0 atom stereocenters. The van der Waals surface area contributed by atoms with Gasteiger partial charge in [0.1, 0.15) is 0 Å². The fourth-order valence-electron chi connectivity index (χ4n) is 4.17. The summed E-state index contributed by atoms with van der Waals surface area (Å²) in [6.45, 7) is 4.86. The fourth-order valence-corrected chi connectivity index (χ4v) is 5.55. The maximum Gasteiger partial charge on any atom is 0.226 e. The summed E-state index contributed by atoms with van der Waals surface area (Å²) in [6, 6.07) is 6.38. The lowest BCUT2D eigenvalue weighted by Crippen LogP contribution is -2.41. The monoisotopic (exact) mass is 377 g/mol. The molecule has 3 rings (SSSR count). The van der Waals surface area contributed by atoms with Crippen LogP contribution in [0.15, 0.2) is 18.2 Å². The van der Waals surface area contributed by atoms with E-state index in [0.717, 1.165) is 25.7 Å². The Kier molecular flexibility index (Phi) is 6.06. The van der Waals surface area contributed by atoms with Crippen molar-refractivity contribution in [2.24, 2.45) is 5.92 Å². The highest BCUT2D eigenvalue weighted by Crippen LogP contribution is 2.26. The zero-order valence-corrected chi connectivity index (χ0v) is 16.9. The topological polar surface area (TPSA) is 54.5 Å². The van der Waals surface area contributed by atoms with E-state index in [1.807, 2.05) is 4.90 Å². The lowest BCUT2D eigenvalue weighted by atomic mass is 9.87. The minimum Gasteiger partial charge on any atom is -0.342 e. The van der Waals surface area contributed by atoms with Crippen molar-refractivity contribution in [2.45, 2.75) is 64.0 Å². The number of rotatable bonds is 5. The van der Waals surface area contributed by atoms with Gasteiger partial charge in [0.15, 0.2) is 9.84 Å². The Labute approximate surface area is 157 Å². The van der Waals surface area contributed by atoms with Gasteiger partial charge in [-0.2, -0.15) is 0 Å². The van der Waals surface area contributed by atoms with E-state index in [-0.39, 0.29) is 22.8 Å². The highest BCUT2D eigenvalue weighted by Gasteiger charge is 2.28. The van der Waals surface area contributed by atoms with Crippen molar-refractivity contribution in [2.75, 3.05) is 18.8 Å². The first-order chi connectivity index (χ1) is 12.4. The van der Waals surface area contributed by atoms with Gasteiger partial charge in [-0.05, 0) is 75.0 Å². The molecule has 0 spiro atoms. The standard InChI is InChI=1S/C21H31NO3S/c1-16(2)26(24,25)15-17-10-12-22(13-11-17)21(23)14-19-8-5-7-18-6-3-4-9-20(18)19/h5,7-8,16-17H,3-4,6,9-15H2,1-2H3. The van der Waals surface area contributed by atoms with Gasteiger partial charge in [-0.25, -0.2) is 8.42 Å². The van der Waals surface area contributed by atoms with Gasteiger partial charge in [0.05, 0.1) is 17.4 Å². The molecule has 0 N–H and O–H groups in total. The minimum atomic E-state index is -3.00. The van der Waals surface area contributed by atoms with Crippen molar-refractivity contribution in [1.82, 2.24) is 4.90 Å². The predicted octanol–water partition coefficient (Wildman–Crippen LogP) is 3.17. The van der Waals surface area contributed by atoms with E-state index in [0.29, 0.717) is 19.5 Å². The third-order valence-corrected chi connectivity index (χ3v) is 8.36. The molecule has 0 radical (unpaired) electrons. The fraction of sp³-hybridized carbons (Fsp3) is 0.667. The highest BCUT2D eigenvalue weighted by molar-refractivity contribution is 7.91. The number of benzene rings is 1. The minimum absolute atomic E-state index is 0.189. The predicted molar refractivity (Wildman–Crippen MR) is 105 cm³/mol. The molecule has 5 heteroatoms. The van der Waals surface area contributed by atoms with Gasteiger partial charge in [0.2, 0.25) is 5.91 Å². The van der Waals surface area contributed by atoms with Crippen LogP contribution in [0.5, 0.6) is 0 Å². The van der Waals surface area contributed by atoms with E-state index in [2.05, 4.69) is 18.2 Å². The van der Waals surface area contributed by atoms with Crippen LogP contribution in [0.3, 0.4) is 0 Å². The molecule has 1 aromatic carbocycles. The molecule has 1 fully saturated rings. The maximum absolute atomic E-state index is 12.8. The number of amides is 1. The molecular formula is C21H31NO3S. The summed E-state index contributed by atoms with van der Waals surface area (Å²) in [5, 5.41) is -0.314. The lowest BCUT2D eigenvalue weighted by Gasteiger charge is -2.32. The number of carbonyl (C=O) groups is 1. The van der Waals surface area contributed by atoms with Crippen molar-refractivity contribution in [3.8, 4) is 0 Å². The molecular weight excluding hydrogens is 346 g/mol. The molecule has 1 amide bonds. The molecule has 26 heavy (non-hydrogen) atoms.